The fraction of sp³-hybridized carbons (Fsp3) is 0.524. The van der Waals surface area contributed by atoms with Crippen molar-refractivity contribution in [3.05, 3.63) is 35.2 Å². The van der Waals surface area contributed by atoms with E-state index in [0.29, 0.717) is 11.6 Å². The van der Waals surface area contributed by atoms with Gasteiger partial charge in [-0.25, -0.2) is 17.7 Å². The molecule has 2 rings (SSSR count). The van der Waals surface area contributed by atoms with Crippen molar-refractivity contribution in [3.8, 4) is 0 Å². The monoisotopic (exact) mass is 452 g/mol. The summed E-state index contributed by atoms with van der Waals surface area (Å²) in [6, 6.07) is 4.76. The van der Waals surface area contributed by atoms with Crippen LogP contribution in [0.25, 0.3) is 0 Å². The fourth-order valence-electron chi connectivity index (χ4n) is 2.85. The van der Waals surface area contributed by atoms with Gasteiger partial charge in [0.15, 0.2) is 5.16 Å². The van der Waals surface area contributed by atoms with Crippen LogP contribution in [0.2, 0.25) is 0 Å². The average Bonchev–Trinajstić information content (AvgIpc) is 2.90. The second kappa shape index (κ2) is 9.53. The zero-order valence-electron chi connectivity index (χ0n) is 19.0. The molecule has 30 heavy (non-hydrogen) atoms. The lowest BCUT2D eigenvalue weighted by Crippen LogP contribution is -2.25. The number of hydrogen-bond acceptors (Lipinski definition) is 5. The third-order valence-electron chi connectivity index (χ3n) is 4.87. The lowest BCUT2D eigenvalue weighted by atomic mass is 10.2. The van der Waals surface area contributed by atoms with Crippen LogP contribution in [0.3, 0.4) is 0 Å². The van der Waals surface area contributed by atoms with Gasteiger partial charge in [0.25, 0.3) is 0 Å². The predicted molar refractivity (Wildman–Crippen MR) is 123 cm³/mol. The molecule has 0 spiro atoms. The van der Waals surface area contributed by atoms with Crippen molar-refractivity contribution in [3.63, 3.8) is 0 Å². The highest BCUT2D eigenvalue weighted by atomic mass is 32.2. The third-order valence-corrected chi connectivity index (χ3v) is 7.77. The summed E-state index contributed by atoms with van der Waals surface area (Å²) in [5.74, 6) is 0.265. The van der Waals surface area contributed by atoms with Crippen molar-refractivity contribution in [2.24, 2.45) is 5.92 Å². The van der Waals surface area contributed by atoms with Crippen molar-refractivity contribution in [1.82, 2.24) is 13.9 Å². The van der Waals surface area contributed by atoms with Crippen LogP contribution in [-0.2, 0) is 21.4 Å². The molecule has 0 saturated carbocycles. The number of benzene rings is 1. The number of imidazole rings is 1. The molecule has 0 unspecified atom stereocenters. The van der Waals surface area contributed by atoms with Crippen LogP contribution in [0.1, 0.15) is 37.7 Å². The molecule has 0 bridgehead atoms. The Kier molecular flexibility index (Phi) is 7.76. The Balaban J connectivity index is 2.22. The Morgan fingerprint density at radius 2 is 1.83 bits per heavy atom. The minimum Gasteiger partial charge on any atom is -0.325 e. The molecule has 0 fully saturated rings. The maximum absolute atomic E-state index is 12.9. The van der Waals surface area contributed by atoms with Crippen LogP contribution in [0.15, 0.2) is 28.3 Å². The first-order chi connectivity index (χ1) is 13.8. The summed E-state index contributed by atoms with van der Waals surface area (Å²) < 4.78 is 28.1. The number of hydrogen-bond donors (Lipinski definition) is 1. The van der Waals surface area contributed by atoms with Crippen LogP contribution in [0.5, 0.6) is 0 Å². The Morgan fingerprint density at radius 3 is 2.40 bits per heavy atom. The number of anilines is 1. The summed E-state index contributed by atoms with van der Waals surface area (Å²) in [5, 5.41) is 3.31. The Labute approximate surface area is 184 Å². The number of sulfonamides is 1. The molecule has 2 aromatic rings. The van der Waals surface area contributed by atoms with Crippen LogP contribution in [0.4, 0.5) is 5.69 Å². The maximum atomic E-state index is 12.9. The van der Waals surface area contributed by atoms with E-state index in [1.54, 1.807) is 12.1 Å². The number of aryl methyl sites for hydroxylation is 2. The summed E-state index contributed by atoms with van der Waals surface area (Å²) in [4.78, 5) is 17.6. The second-order valence-corrected chi connectivity index (χ2v) is 11.5. The topological polar surface area (TPSA) is 84.3 Å². The maximum Gasteiger partial charge on any atom is 0.242 e. The number of nitrogens with one attached hydrogen (secondary N) is 1. The van der Waals surface area contributed by atoms with Gasteiger partial charge in [-0.1, -0.05) is 31.7 Å². The van der Waals surface area contributed by atoms with E-state index in [0.717, 1.165) is 33.0 Å². The fourth-order valence-corrected chi connectivity index (χ4v) is 4.79. The summed E-state index contributed by atoms with van der Waals surface area (Å²) in [7, 11) is -0.613. The number of amides is 1. The van der Waals surface area contributed by atoms with Crippen LogP contribution >= 0.6 is 11.8 Å². The normalized spacial score (nSPS) is 13.1. The molecule has 1 aromatic carbocycles. The van der Waals surface area contributed by atoms with Crippen LogP contribution in [-0.4, -0.2) is 47.5 Å². The van der Waals surface area contributed by atoms with Gasteiger partial charge in [0.05, 0.1) is 15.8 Å². The molecule has 1 atom stereocenters. The first-order valence-electron chi connectivity index (χ1n) is 9.89. The van der Waals surface area contributed by atoms with Crippen molar-refractivity contribution in [2.45, 2.75) is 63.4 Å². The van der Waals surface area contributed by atoms with Gasteiger partial charge < -0.3 is 9.88 Å². The Hall–Kier alpha value is -1.84. The van der Waals surface area contributed by atoms with E-state index in [9.17, 15) is 13.2 Å². The Morgan fingerprint density at radius 1 is 1.20 bits per heavy atom. The molecule has 9 heteroatoms. The Bertz CT molecular complexity index is 1030. The van der Waals surface area contributed by atoms with Gasteiger partial charge in [-0.05, 0) is 51.3 Å². The molecule has 0 saturated heterocycles. The standard InChI is InChI=1S/C21H32N4O3S2/c1-13(2)12-25-16(5)15(4)22-21(25)29-17(6)20(26)23-19-11-18(10-9-14(19)3)30(27,28)24(7)8/h9-11,13,17H,12H2,1-8H3,(H,23,26)/t17-/m0/s1. The summed E-state index contributed by atoms with van der Waals surface area (Å²) >= 11 is 1.41. The van der Waals surface area contributed by atoms with E-state index in [4.69, 9.17) is 0 Å². The molecule has 0 aliphatic carbocycles. The lowest BCUT2D eigenvalue weighted by Gasteiger charge is -2.17. The van der Waals surface area contributed by atoms with Crippen molar-refractivity contribution in [2.75, 3.05) is 19.4 Å². The van der Waals surface area contributed by atoms with E-state index in [1.807, 2.05) is 27.7 Å². The van der Waals surface area contributed by atoms with Crippen LogP contribution < -0.4 is 5.32 Å². The molecule has 0 aliphatic heterocycles. The molecule has 7 nitrogen and oxygen atoms in total. The zero-order valence-corrected chi connectivity index (χ0v) is 20.6. The molecule has 1 N–H and O–H groups in total. The largest absolute Gasteiger partial charge is 0.325 e. The van der Waals surface area contributed by atoms with E-state index in [1.165, 1.54) is 31.9 Å². The SMILES string of the molecule is Cc1ccc(S(=O)(=O)N(C)C)cc1NC(=O)[C@H](C)Sc1nc(C)c(C)n1CC(C)C. The molecular formula is C21H32N4O3S2. The highest BCUT2D eigenvalue weighted by Gasteiger charge is 2.22. The van der Waals surface area contributed by atoms with Gasteiger partial charge in [0.2, 0.25) is 15.9 Å². The minimum absolute atomic E-state index is 0.146. The molecule has 1 aromatic heterocycles. The quantitative estimate of drug-likeness (QED) is 0.615. The van der Waals surface area contributed by atoms with Gasteiger partial charge in [0, 0.05) is 32.0 Å². The van der Waals surface area contributed by atoms with Crippen molar-refractivity contribution < 1.29 is 13.2 Å². The van der Waals surface area contributed by atoms with Gasteiger partial charge >= 0.3 is 0 Å². The average molecular weight is 453 g/mol. The number of nitrogens with zero attached hydrogens (tertiary/aromatic N) is 3. The van der Waals surface area contributed by atoms with Gasteiger partial charge in [-0.3, -0.25) is 4.79 Å². The summed E-state index contributed by atoms with van der Waals surface area (Å²) in [6.07, 6.45) is 0. The highest BCUT2D eigenvalue weighted by molar-refractivity contribution is 8.00. The number of aromatic nitrogens is 2. The molecule has 0 radical (unpaired) electrons. The molecular weight excluding hydrogens is 420 g/mol. The van der Waals surface area contributed by atoms with Crippen molar-refractivity contribution in [1.29, 1.82) is 0 Å². The molecule has 1 heterocycles. The zero-order chi connectivity index (χ0) is 22.8. The van der Waals surface area contributed by atoms with Gasteiger partial charge in [0.1, 0.15) is 0 Å². The van der Waals surface area contributed by atoms with E-state index in [2.05, 4.69) is 28.7 Å². The lowest BCUT2D eigenvalue weighted by molar-refractivity contribution is -0.115. The van der Waals surface area contributed by atoms with Gasteiger partial charge in [-0.15, -0.1) is 0 Å². The van der Waals surface area contributed by atoms with E-state index >= 15 is 0 Å². The van der Waals surface area contributed by atoms with Crippen LogP contribution in [0, 0.1) is 26.7 Å². The first-order valence-corrected chi connectivity index (χ1v) is 12.2. The molecule has 0 aliphatic rings. The predicted octanol–water partition coefficient (Wildman–Crippen LogP) is 3.83. The third kappa shape index (κ3) is 5.44. The number of carbonyl (C=O) groups excluding carboxylic acids is 1. The van der Waals surface area contributed by atoms with E-state index < -0.39 is 15.3 Å². The summed E-state index contributed by atoms with van der Waals surface area (Å²) in [5.41, 5.74) is 3.36. The number of thioether (sulfide) groups is 1. The highest BCUT2D eigenvalue weighted by Crippen LogP contribution is 2.28. The number of rotatable bonds is 8. The van der Waals surface area contributed by atoms with Crippen molar-refractivity contribution >= 4 is 33.4 Å². The molecule has 166 valence electrons. The minimum atomic E-state index is -3.58. The smallest absolute Gasteiger partial charge is 0.242 e. The molecule has 1 amide bonds. The second-order valence-electron chi connectivity index (χ2n) is 8.08. The van der Waals surface area contributed by atoms with E-state index in [-0.39, 0.29) is 10.8 Å². The van der Waals surface area contributed by atoms with Gasteiger partial charge in [-0.2, -0.15) is 0 Å². The number of carbonyl (C=O) groups is 1. The first kappa shape index (κ1) is 24.4. The summed E-state index contributed by atoms with van der Waals surface area (Å²) in [6.45, 7) is 12.8.